The lowest BCUT2D eigenvalue weighted by atomic mass is 10.0. The van der Waals surface area contributed by atoms with Gasteiger partial charge in [0.05, 0.1) is 6.10 Å². The molecule has 0 radical (unpaired) electrons. The van der Waals surface area contributed by atoms with Crippen molar-refractivity contribution in [2.24, 2.45) is 5.92 Å². The molecule has 0 aromatic heterocycles. The van der Waals surface area contributed by atoms with Gasteiger partial charge in [-0.05, 0) is 25.2 Å². The van der Waals surface area contributed by atoms with Crippen molar-refractivity contribution in [2.45, 2.75) is 58.6 Å². The van der Waals surface area contributed by atoms with Gasteiger partial charge in [-0.3, -0.25) is 9.59 Å². The number of likely N-dealkylation sites (tertiary alicyclic amines) is 1. The van der Waals surface area contributed by atoms with E-state index in [2.05, 4.69) is 5.32 Å². The average Bonchev–Trinajstić information content (AvgIpc) is 2.75. The molecule has 110 valence electrons. The van der Waals surface area contributed by atoms with Crippen molar-refractivity contribution >= 4 is 11.8 Å². The van der Waals surface area contributed by atoms with Crippen LogP contribution >= 0.6 is 0 Å². The Bertz CT molecular complexity index is 318. The van der Waals surface area contributed by atoms with Crippen LogP contribution in [0.2, 0.25) is 0 Å². The highest BCUT2D eigenvalue weighted by Crippen LogP contribution is 2.19. The molecule has 2 amide bonds. The molecule has 1 rings (SSSR count). The zero-order valence-electron chi connectivity index (χ0n) is 12.2. The Morgan fingerprint density at radius 3 is 2.63 bits per heavy atom. The van der Waals surface area contributed by atoms with Crippen LogP contribution < -0.4 is 5.32 Å². The smallest absolute Gasteiger partial charge is 0.243 e. The Morgan fingerprint density at radius 2 is 2.16 bits per heavy atom. The van der Waals surface area contributed by atoms with Crippen LogP contribution in [0, 0.1) is 5.92 Å². The summed E-state index contributed by atoms with van der Waals surface area (Å²) < 4.78 is 0. The summed E-state index contributed by atoms with van der Waals surface area (Å²) in [5.41, 5.74) is 0. The van der Waals surface area contributed by atoms with Gasteiger partial charge >= 0.3 is 0 Å². The van der Waals surface area contributed by atoms with Gasteiger partial charge in [0.25, 0.3) is 0 Å². The lowest BCUT2D eigenvalue weighted by Crippen LogP contribution is -2.50. The third-order valence-electron chi connectivity index (χ3n) is 3.59. The van der Waals surface area contributed by atoms with Crippen molar-refractivity contribution in [1.82, 2.24) is 10.2 Å². The topological polar surface area (TPSA) is 69.6 Å². The molecule has 0 bridgehead atoms. The van der Waals surface area contributed by atoms with Gasteiger partial charge in [0.15, 0.2) is 0 Å². The van der Waals surface area contributed by atoms with Gasteiger partial charge in [0.2, 0.25) is 11.8 Å². The van der Waals surface area contributed by atoms with E-state index in [0.717, 1.165) is 6.42 Å². The minimum absolute atomic E-state index is 0.0717. The van der Waals surface area contributed by atoms with Crippen molar-refractivity contribution in [3.63, 3.8) is 0 Å². The molecule has 5 heteroatoms. The zero-order chi connectivity index (χ0) is 14.4. The van der Waals surface area contributed by atoms with Crippen LogP contribution in [0.3, 0.4) is 0 Å². The van der Waals surface area contributed by atoms with Crippen molar-refractivity contribution in [2.75, 3.05) is 13.1 Å². The number of rotatable bonds is 7. The second-order valence-electron chi connectivity index (χ2n) is 5.52. The summed E-state index contributed by atoms with van der Waals surface area (Å²) in [6.45, 7) is 6.95. The predicted octanol–water partition coefficient (Wildman–Crippen LogP) is 0.911. The highest BCUT2D eigenvalue weighted by atomic mass is 16.3. The third kappa shape index (κ3) is 4.49. The van der Waals surface area contributed by atoms with Crippen LogP contribution in [0.1, 0.15) is 46.5 Å². The average molecular weight is 270 g/mol. The number of carbonyl (C=O) groups excluding carboxylic acids is 2. The first-order chi connectivity index (χ1) is 8.97. The maximum atomic E-state index is 12.2. The molecule has 1 aliphatic heterocycles. The summed E-state index contributed by atoms with van der Waals surface area (Å²) >= 11 is 0. The predicted molar refractivity (Wildman–Crippen MR) is 73.5 cm³/mol. The van der Waals surface area contributed by atoms with Crippen LogP contribution in [-0.2, 0) is 9.59 Å². The van der Waals surface area contributed by atoms with Crippen molar-refractivity contribution in [3.05, 3.63) is 0 Å². The Labute approximate surface area is 115 Å². The number of aliphatic hydroxyl groups is 1. The normalized spacial score (nSPS) is 18.8. The standard InChI is InChI=1S/C14H26N2O3/c1-4-11(17)7-8-15-14(19)13(10(2)3)16-9-5-6-12(16)18/h10-11,13,17H,4-9H2,1-3H3,(H,15,19). The largest absolute Gasteiger partial charge is 0.393 e. The molecule has 1 aliphatic rings. The van der Waals surface area contributed by atoms with E-state index >= 15 is 0 Å². The van der Waals surface area contributed by atoms with E-state index in [4.69, 9.17) is 0 Å². The maximum absolute atomic E-state index is 12.2. The summed E-state index contributed by atoms with van der Waals surface area (Å²) in [6, 6.07) is -0.381. The molecule has 2 atom stereocenters. The lowest BCUT2D eigenvalue weighted by molar-refractivity contribution is -0.139. The van der Waals surface area contributed by atoms with E-state index < -0.39 is 0 Å². The molecule has 19 heavy (non-hydrogen) atoms. The number of amides is 2. The second kappa shape index (κ2) is 7.48. The highest BCUT2D eigenvalue weighted by molar-refractivity contribution is 5.88. The Balaban J connectivity index is 2.51. The number of nitrogens with zero attached hydrogens (tertiary/aromatic N) is 1. The summed E-state index contributed by atoms with van der Waals surface area (Å²) in [7, 11) is 0. The minimum atomic E-state index is -0.381. The molecule has 2 N–H and O–H groups in total. The van der Waals surface area contributed by atoms with Crippen LogP contribution in [0.25, 0.3) is 0 Å². The van der Waals surface area contributed by atoms with Crippen LogP contribution in [0.5, 0.6) is 0 Å². The molecular formula is C14H26N2O3. The van der Waals surface area contributed by atoms with Crippen LogP contribution in [0.15, 0.2) is 0 Å². The Morgan fingerprint density at radius 1 is 1.47 bits per heavy atom. The molecule has 5 nitrogen and oxygen atoms in total. The van der Waals surface area contributed by atoms with Crippen molar-refractivity contribution < 1.29 is 14.7 Å². The van der Waals surface area contributed by atoms with Gasteiger partial charge in [-0.15, -0.1) is 0 Å². The number of hydrogen-bond acceptors (Lipinski definition) is 3. The molecule has 0 aromatic carbocycles. The van der Waals surface area contributed by atoms with Crippen molar-refractivity contribution in [3.8, 4) is 0 Å². The van der Waals surface area contributed by atoms with E-state index in [1.165, 1.54) is 0 Å². The molecule has 0 saturated carbocycles. The summed E-state index contributed by atoms with van der Waals surface area (Å²) in [5, 5.41) is 12.3. The van der Waals surface area contributed by atoms with E-state index in [0.29, 0.717) is 32.4 Å². The Kier molecular flexibility index (Phi) is 6.28. The molecule has 1 heterocycles. The first-order valence-electron chi connectivity index (χ1n) is 7.22. The van der Waals surface area contributed by atoms with Gasteiger partial charge in [-0.25, -0.2) is 0 Å². The van der Waals surface area contributed by atoms with Gasteiger partial charge in [0, 0.05) is 19.5 Å². The van der Waals surface area contributed by atoms with Gasteiger partial charge in [0.1, 0.15) is 6.04 Å². The van der Waals surface area contributed by atoms with Gasteiger partial charge in [-0.2, -0.15) is 0 Å². The number of aliphatic hydroxyl groups excluding tert-OH is 1. The van der Waals surface area contributed by atoms with E-state index in [-0.39, 0.29) is 29.9 Å². The molecule has 0 spiro atoms. The SMILES string of the molecule is CCC(O)CCNC(=O)C(C(C)C)N1CCCC1=O. The van der Waals surface area contributed by atoms with E-state index in [9.17, 15) is 14.7 Å². The fraction of sp³-hybridized carbons (Fsp3) is 0.857. The second-order valence-corrected chi connectivity index (χ2v) is 5.52. The Hall–Kier alpha value is -1.10. The first-order valence-corrected chi connectivity index (χ1v) is 7.22. The molecule has 1 saturated heterocycles. The highest BCUT2D eigenvalue weighted by Gasteiger charge is 2.34. The molecular weight excluding hydrogens is 244 g/mol. The minimum Gasteiger partial charge on any atom is -0.393 e. The zero-order valence-corrected chi connectivity index (χ0v) is 12.2. The van der Waals surface area contributed by atoms with Crippen molar-refractivity contribution in [1.29, 1.82) is 0 Å². The molecule has 1 fully saturated rings. The fourth-order valence-corrected chi connectivity index (χ4v) is 2.44. The number of hydrogen-bond donors (Lipinski definition) is 2. The molecule has 2 unspecified atom stereocenters. The summed E-state index contributed by atoms with van der Waals surface area (Å²) in [6.07, 6.45) is 2.26. The van der Waals surface area contributed by atoms with Gasteiger partial charge in [-0.1, -0.05) is 20.8 Å². The summed E-state index contributed by atoms with van der Waals surface area (Å²) in [5.74, 6) is 0.0640. The van der Waals surface area contributed by atoms with E-state index in [1.807, 2.05) is 20.8 Å². The first kappa shape index (κ1) is 16.0. The number of nitrogens with one attached hydrogen (secondary N) is 1. The molecule has 0 aromatic rings. The summed E-state index contributed by atoms with van der Waals surface area (Å²) in [4.78, 5) is 25.7. The van der Waals surface area contributed by atoms with Gasteiger partial charge < -0.3 is 15.3 Å². The molecule has 0 aliphatic carbocycles. The lowest BCUT2D eigenvalue weighted by Gasteiger charge is -2.30. The number of carbonyl (C=O) groups is 2. The third-order valence-corrected chi connectivity index (χ3v) is 3.59. The fourth-order valence-electron chi connectivity index (χ4n) is 2.44. The van der Waals surface area contributed by atoms with Crippen LogP contribution in [0.4, 0.5) is 0 Å². The monoisotopic (exact) mass is 270 g/mol. The van der Waals surface area contributed by atoms with Crippen LogP contribution in [-0.4, -0.2) is 47.1 Å². The van der Waals surface area contributed by atoms with E-state index in [1.54, 1.807) is 4.90 Å². The maximum Gasteiger partial charge on any atom is 0.243 e. The quantitative estimate of drug-likeness (QED) is 0.722.